The van der Waals surface area contributed by atoms with E-state index in [-0.39, 0.29) is 10.8 Å². The molecule has 0 saturated heterocycles. The molecule has 0 amide bonds. The maximum Gasteiger partial charge on any atom is 0.132 e. The molecule has 0 aromatic heterocycles. The molecule has 2 aliphatic rings. The van der Waals surface area contributed by atoms with Crippen LogP contribution in [0.25, 0.3) is 33.0 Å². The van der Waals surface area contributed by atoms with Crippen molar-refractivity contribution in [2.24, 2.45) is 0 Å². The average molecular weight is 515 g/mol. The molecule has 0 saturated carbocycles. The van der Waals surface area contributed by atoms with Crippen LogP contribution in [0.2, 0.25) is 0 Å². The third kappa shape index (κ3) is 3.09. The van der Waals surface area contributed by atoms with Gasteiger partial charge in [0.1, 0.15) is 11.5 Å². The van der Waals surface area contributed by atoms with Crippen LogP contribution in [-0.2, 0) is 10.8 Å². The second-order valence-electron chi connectivity index (χ2n) is 11.9. The molecule has 40 heavy (non-hydrogen) atoms. The number of fused-ring (bicyclic) bond motifs is 7. The second kappa shape index (κ2) is 8.19. The van der Waals surface area contributed by atoms with Crippen LogP contribution in [-0.4, -0.2) is 0 Å². The summed E-state index contributed by atoms with van der Waals surface area (Å²) in [7, 11) is 0. The van der Waals surface area contributed by atoms with Crippen LogP contribution >= 0.6 is 0 Å². The minimum atomic E-state index is -0.252. The molecule has 1 heteroatoms. The fourth-order valence-electron chi connectivity index (χ4n) is 7.20. The zero-order chi connectivity index (χ0) is 27.1. The molecule has 8 rings (SSSR count). The van der Waals surface area contributed by atoms with Gasteiger partial charge in [-0.3, -0.25) is 0 Å². The lowest BCUT2D eigenvalue weighted by Gasteiger charge is -2.34. The van der Waals surface area contributed by atoms with Crippen LogP contribution in [0.3, 0.4) is 0 Å². The van der Waals surface area contributed by atoms with E-state index in [1.165, 1.54) is 60.8 Å². The van der Waals surface area contributed by atoms with Crippen molar-refractivity contribution in [2.75, 3.05) is 0 Å². The smallest absolute Gasteiger partial charge is 0.132 e. The molecular weight excluding hydrogens is 484 g/mol. The number of ether oxygens (including phenoxy) is 1. The molecule has 1 nitrogen and oxygen atoms in total. The summed E-state index contributed by atoms with van der Waals surface area (Å²) in [4.78, 5) is 0. The van der Waals surface area contributed by atoms with Gasteiger partial charge in [0.25, 0.3) is 0 Å². The zero-order valence-corrected chi connectivity index (χ0v) is 23.0. The summed E-state index contributed by atoms with van der Waals surface area (Å²) < 4.78 is 6.48. The highest BCUT2D eigenvalue weighted by atomic mass is 16.5. The fourth-order valence-corrected chi connectivity index (χ4v) is 7.20. The third-order valence-electron chi connectivity index (χ3n) is 9.42. The van der Waals surface area contributed by atoms with Crippen LogP contribution in [0.4, 0.5) is 0 Å². The van der Waals surface area contributed by atoms with E-state index in [9.17, 15) is 0 Å². The molecule has 6 aromatic rings. The van der Waals surface area contributed by atoms with Crippen molar-refractivity contribution in [3.63, 3.8) is 0 Å². The van der Waals surface area contributed by atoms with Gasteiger partial charge in [-0.1, -0.05) is 123 Å². The molecule has 0 spiro atoms. The molecule has 192 valence electrons. The predicted molar refractivity (Wildman–Crippen MR) is 165 cm³/mol. The molecule has 0 bridgehead atoms. The molecule has 0 N–H and O–H groups in total. The van der Waals surface area contributed by atoms with E-state index in [2.05, 4.69) is 148 Å². The normalized spacial score (nSPS) is 17.9. The van der Waals surface area contributed by atoms with E-state index in [0.717, 1.165) is 11.5 Å². The van der Waals surface area contributed by atoms with Gasteiger partial charge in [-0.05, 0) is 74.8 Å². The van der Waals surface area contributed by atoms with Crippen LogP contribution < -0.4 is 4.74 Å². The molecule has 1 aliphatic carbocycles. The summed E-state index contributed by atoms with van der Waals surface area (Å²) in [5, 5.41) is 2.60. The average Bonchev–Trinajstić information content (AvgIpc) is 3.26. The molecule has 1 heterocycles. The first kappa shape index (κ1) is 23.3. The van der Waals surface area contributed by atoms with E-state index >= 15 is 0 Å². The number of benzene rings is 6. The summed E-state index contributed by atoms with van der Waals surface area (Å²) in [5.41, 5.74) is 11.2. The Balaban J connectivity index is 1.33. The maximum absolute atomic E-state index is 6.48. The lowest BCUT2D eigenvalue weighted by molar-refractivity contribution is 0.418. The molecule has 1 atom stereocenters. The minimum absolute atomic E-state index is 0.116. The molecule has 0 fully saturated rings. The summed E-state index contributed by atoms with van der Waals surface area (Å²) >= 11 is 0. The first-order valence-electron chi connectivity index (χ1n) is 14.1. The van der Waals surface area contributed by atoms with E-state index in [4.69, 9.17) is 4.74 Å². The van der Waals surface area contributed by atoms with Crippen LogP contribution in [0.15, 0.2) is 127 Å². The van der Waals surface area contributed by atoms with Crippen molar-refractivity contribution in [1.29, 1.82) is 0 Å². The summed E-state index contributed by atoms with van der Waals surface area (Å²) in [6.07, 6.45) is 0. The first-order chi connectivity index (χ1) is 19.5. The van der Waals surface area contributed by atoms with E-state index in [0.29, 0.717) is 0 Å². The number of hydrogen-bond acceptors (Lipinski definition) is 1. The number of para-hydroxylation sites is 1. The van der Waals surface area contributed by atoms with Gasteiger partial charge in [-0.2, -0.15) is 0 Å². The Kier molecular flexibility index (Phi) is 4.77. The highest BCUT2D eigenvalue weighted by Gasteiger charge is 2.42. The van der Waals surface area contributed by atoms with Gasteiger partial charge in [0.05, 0.1) is 0 Å². The predicted octanol–water partition coefficient (Wildman–Crippen LogP) is 10.3. The van der Waals surface area contributed by atoms with Gasteiger partial charge in [0.2, 0.25) is 0 Å². The molecule has 1 unspecified atom stereocenters. The monoisotopic (exact) mass is 514 g/mol. The van der Waals surface area contributed by atoms with Crippen LogP contribution in [0.1, 0.15) is 48.6 Å². The topological polar surface area (TPSA) is 9.23 Å². The number of rotatable bonds is 2. The lowest BCUT2D eigenvalue weighted by Crippen LogP contribution is -2.24. The van der Waals surface area contributed by atoms with Gasteiger partial charge in [-0.25, -0.2) is 0 Å². The van der Waals surface area contributed by atoms with Gasteiger partial charge in [0, 0.05) is 22.0 Å². The lowest BCUT2D eigenvalue weighted by atomic mass is 9.73. The SMILES string of the molecule is CC1(C)c2ccccc2Oc2cc(-c3ccc4c(c3)C(C)(c3ccccc3)c3ccc5ccccc5c3-4)ccc21. The van der Waals surface area contributed by atoms with E-state index in [1.54, 1.807) is 0 Å². The molecule has 6 aromatic carbocycles. The van der Waals surface area contributed by atoms with Crippen molar-refractivity contribution < 1.29 is 4.74 Å². The number of hydrogen-bond donors (Lipinski definition) is 0. The van der Waals surface area contributed by atoms with Crippen molar-refractivity contribution >= 4 is 10.8 Å². The Hall–Kier alpha value is -4.62. The summed E-state index contributed by atoms with van der Waals surface area (Å²) in [5.74, 6) is 1.90. The Bertz CT molecular complexity index is 1960. The fraction of sp³-hybridized carbons (Fsp3) is 0.128. The first-order valence-corrected chi connectivity index (χ1v) is 14.1. The zero-order valence-electron chi connectivity index (χ0n) is 23.0. The summed E-state index contributed by atoms with van der Waals surface area (Å²) in [6.45, 7) is 6.96. The van der Waals surface area contributed by atoms with Gasteiger partial charge in [0.15, 0.2) is 0 Å². The van der Waals surface area contributed by atoms with Gasteiger partial charge < -0.3 is 4.74 Å². The Morgan fingerprint density at radius 2 is 1.18 bits per heavy atom. The Morgan fingerprint density at radius 1 is 0.500 bits per heavy atom. The van der Waals surface area contributed by atoms with E-state index < -0.39 is 0 Å². The molecule has 1 aliphatic heterocycles. The Morgan fingerprint density at radius 3 is 2.05 bits per heavy atom. The van der Waals surface area contributed by atoms with Crippen LogP contribution in [0, 0.1) is 0 Å². The van der Waals surface area contributed by atoms with Gasteiger partial charge in [-0.15, -0.1) is 0 Å². The quantitative estimate of drug-likeness (QED) is 0.223. The maximum atomic E-state index is 6.48. The highest BCUT2D eigenvalue weighted by molar-refractivity contribution is 6.03. The van der Waals surface area contributed by atoms with E-state index in [1.807, 2.05) is 0 Å². The third-order valence-corrected chi connectivity index (χ3v) is 9.42. The Labute approximate surface area is 235 Å². The largest absolute Gasteiger partial charge is 0.457 e. The van der Waals surface area contributed by atoms with Crippen molar-refractivity contribution in [2.45, 2.75) is 31.6 Å². The van der Waals surface area contributed by atoms with Crippen molar-refractivity contribution in [1.82, 2.24) is 0 Å². The van der Waals surface area contributed by atoms with Gasteiger partial charge >= 0.3 is 0 Å². The van der Waals surface area contributed by atoms with Crippen molar-refractivity contribution in [3.05, 3.63) is 155 Å². The molecular formula is C39H30O. The summed E-state index contributed by atoms with van der Waals surface area (Å²) in [6, 6.07) is 46.5. The second-order valence-corrected chi connectivity index (χ2v) is 11.9. The molecule has 0 radical (unpaired) electrons. The minimum Gasteiger partial charge on any atom is -0.457 e. The van der Waals surface area contributed by atoms with Crippen molar-refractivity contribution in [3.8, 4) is 33.8 Å². The highest BCUT2D eigenvalue weighted by Crippen LogP contribution is 2.55. The van der Waals surface area contributed by atoms with Crippen LogP contribution in [0.5, 0.6) is 11.5 Å². The standard InChI is InChI=1S/C39H30O/c1-38(2)31-15-9-10-16-35(31)40-36-24-27(19-21-32(36)38)26-17-20-30-34(23-26)39(3,28-12-5-4-6-13-28)33-22-18-25-11-7-8-14-29(25)37(30)33/h4-24H,1-3H3.